The van der Waals surface area contributed by atoms with Gasteiger partial charge in [0.2, 0.25) is 0 Å². The fourth-order valence-electron chi connectivity index (χ4n) is 1.72. The van der Waals surface area contributed by atoms with E-state index in [9.17, 15) is 9.18 Å². The van der Waals surface area contributed by atoms with E-state index in [1.54, 1.807) is 25.1 Å². The van der Waals surface area contributed by atoms with E-state index in [2.05, 4.69) is 31.9 Å². The van der Waals surface area contributed by atoms with Crippen LogP contribution in [0.1, 0.15) is 21.5 Å². The maximum Gasteiger partial charge on any atom is 0.193 e. The molecule has 0 fully saturated rings. The zero-order valence-electron chi connectivity index (χ0n) is 9.51. The Hall–Kier alpha value is -1.000. The number of hydrogen-bond acceptors (Lipinski definition) is 1. The first-order chi connectivity index (χ1) is 8.45. The van der Waals surface area contributed by atoms with Crippen molar-refractivity contribution in [3.05, 3.63) is 67.9 Å². The van der Waals surface area contributed by atoms with E-state index in [-0.39, 0.29) is 5.78 Å². The van der Waals surface area contributed by atoms with Gasteiger partial charge in [-0.15, -0.1) is 0 Å². The van der Waals surface area contributed by atoms with Gasteiger partial charge >= 0.3 is 0 Å². The molecule has 2 aromatic rings. The average Bonchev–Trinajstić information content (AvgIpc) is 2.25. The normalized spacial score (nSPS) is 10.4. The van der Waals surface area contributed by atoms with E-state index in [1.165, 1.54) is 12.1 Å². The lowest BCUT2D eigenvalue weighted by Gasteiger charge is -2.04. The second-order valence-electron chi connectivity index (χ2n) is 4.00. The minimum Gasteiger partial charge on any atom is -0.289 e. The molecule has 0 unspecified atom stereocenters. The minimum absolute atomic E-state index is 0.195. The Morgan fingerprint density at radius 3 is 2.06 bits per heavy atom. The third-order valence-corrected chi connectivity index (χ3v) is 3.34. The van der Waals surface area contributed by atoms with Crippen LogP contribution in [0.2, 0.25) is 0 Å². The number of aryl methyl sites for hydroxylation is 1. The summed E-state index contributed by atoms with van der Waals surface area (Å²) < 4.78 is 14.9. The second-order valence-corrected chi connectivity index (χ2v) is 5.84. The number of rotatable bonds is 2. The van der Waals surface area contributed by atoms with Crippen LogP contribution < -0.4 is 0 Å². The topological polar surface area (TPSA) is 17.1 Å². The largest absolute Gasteiger partial charge is 0.289 e. The van der Waals surface area contributed by atoms with Crippen LogP contribution in [0, 0.1) is 12.7 Å². The first kappa shape index (κ1) is 13.4. The van der Waals surface area contributed by atoms with Gasteiger partial charge in [-0.2, -0.15) is 0 Å². The molecule has 92 valence electrons. The third kappa shape index (κ3) is 3.06. The van der Waals surface area contributed by atoms with Crippen molar-refractivity contribution in [3.8, 4) is 0 Å². The van der Waals surface area contributed by atoms with Gasteiger partial charge in [-0.1, -0.05) is 31.9 Å². The molecule has 0 N–H and O–H groups in total. The molecule has 4 heteroatoms. The van der Waals surface area contributed by atoms with Gasteiger partial charge in [-0.3, -0.25) is 4.79 Å². The maximum atomic E-state index is 13.3. The predicted molar refractivity (Wildman–Crippen MR) is 76.4 cm³/mol. The van der Waals surface area contributed by atoms with E-state index in [1.807, 2.05) is 6.07 Å². The van der Waals surface area contributed by atoms with Crippen LogP contribution in [-0.4, -0.2) is 5.78 Å². The summed E-state index contributed by atoms with van der Waals surface area (Å²) in [5, 5.41) is 0. The molecule has 0 atom stereocenters. The Labute approximate surface area is 121 Å². The summed E-state index contributed by atoms with van der Waals surface area (Å²) in [6.07, 6.45) is 0. The molecule has 0 amide bonds. The smallest absolute Gasteiger partial charge is 0.193 e. The molecule has 0 aliphatic heterocycles. The Kier molecular flexibility index (Phi) is 3.97. The number of carbonyl (C=O) groups is 1. The molecular weight excluding hydrogens is 363 g/mol. The molecule has 0 heterocycles. The van der Waals surface area contributed by atoms with Crippen LogP contribution in [0.4, 0.5) is 4.39 Å². The molecule has 2 aromatic carbocycles. The molecule has 0 saturated carbocycles. The van der Waals surface area contributed by atoms with Crippen molar-refractivity contribution < 1.29 is 9.18 Å². The van der Waals surface area contributed by atoms with Crippen molar-refractivity contribution in [1.29, 1.82) is 0 Å². The highest BCUT2D eigenvalue weighted by molar-refractivity contribution is 9.11. The van der Waals surface area contributed by atoms with Gasteiger partial charge in [0.15, 0.2) is 5.78 Å². The summed E-state index contributed by atoms with van der Waals surface area (Å²) in [6.45, 7) is 1.76. The minimum atomic E-state index is -0.396. The van der Waals surface area contributed by atoms with Gasteiger partial charge in [-0.25, -0.2) is 4.39 Å². The zero-order chi connectivity index (χ0) is 13.3. The monoisotopic (exact) mass is 370 g/mol. The SMILES string of the molecule is Cc1cc(F)cc(C(=O)c2cc(Br)cc(Br)c2)c1. The lowest BCUT2D eigenvalue weighted by atomic mass is 10.0. The summed E-state index contributed by atoms with van der Waals surface area (Å²) >= 11 is 6.65. The lowest BCUT2D eigenvalue weighted by molar-refractivity contribution is 0.103. The number of benzene rings is 2. The van der Waals surface area contributed by atoms with E-state index in [0.717, 1.165) is 14.5 Å². The molecule has 0 aliphatic rings. The molecule has 0 spiro atoms. The molecular formula is C14H9Br2FO. The van der Waals surface area contributed by atoms with Crippen LogP contribution in [0.25, 0.3) is 0 Å². The summed E-state index contributed by atoms with van der Waals surface area (Å²) in [4.78, 5) is 12.2. The molecule has 2 rings (SSSR count). The van der Waals surface area contributed by atoms with Crippen molar-refractivity contribution in [2.45, 2.75) is 6.92 Å². The lowest BCUT2D eigenvalue weighted by Crippen LogP contribution is -2.02. The highest BCUT2D eigenvalue weighted by Crippen LogP contribution is 2.22. The van der Waals surface area contributed by atoms with Gasteiger partial charge in [0, 0.05) is 20.1 Å². The zero-order valence-corrected chi connectivity index (χ0v) is 12.7. The molecule has 18 heavy (non-hydrogen) atoms. The Morgan fingerprint density at radius 2 is 1.50 bits per heavy atom. The van der Waals surface area contributed by atoms with E-state index in [0.29, 0.717) is 11.1 Å². The number of halogens is 3. The highest BCUT2D eigenvalue weighted by Gasteiger charge is 2.12. The van der Waals surface area contributed by atoms with Crippen molar-refractivity contribution >= 4 is 37.6 Å². The summed E-state index contributed by atoms with van der Waals surface area (Å²) in [7, 11) is 0. The predicted octanol–water partition coefficient (Wildman–Crippen LogP) is 4.89. The highest BCUT2D eigenvalue weighted by atomic mass is 79.9. The first-order valence-corrected chi connectivity index (χ1v) is 6.82. The fourth-order valence-corrected chi connectivity index (χ4v) is 3.01. The number of carbonyl (C=O) groups excluding carboxylic acids is 1. The summed E-state index contributed by atoms with van der Waals surface area (Å²) in [5.41, 5.74) is 1.60. The third-order valence-electron chi connectivity index (χ3n) is 2.43. The van der Waals surface area contributed by atoms with Crippen LogP contribution in [0.3, 0.4) is 0 Å². The van der Waals surface area contributed by atoms with Gasteiger partial charge in [0.1, 0.15) is 5.82 Å². The Bertz CT molecular complexity index is 529. The van der Waals surface area contributed by atoms with Crippen molar-refractivity contribution in [3.63, 3.8) is 0 Å². The maximum absolute atomic E-state index is 13.3. The molecule has 0 bridgehead atoms. The molecule has 1 nitrogen and oxygen atoms in total. The second kappa shape index (κ2) is 5.33. The number of ketones is 1. The quantitative estimate of drug-likeness (QED) is 0.687. The van der Waals surface area contributed by atoms with Gasteiger partial charge < -0.3 is 0 Å². The van der Waals surface area contributed by atoms with Crippen molar-refractivity contribution in [1.82, 2.24) is 0 Å². The summed E-state index contributed by atoms with van der Waals surface area (Å²) in [5.74, 6) is -0.591. The van der Waals surface area contributed by atoms with E-state index in [4.69, 9.17) is 0 Å². The first-order valence-electron chi connectivity index (χ1n) is 5.24. The van der Waals surface area contributed by atoms with E-state index >= 15 is 0 Å². The molecule has 0 aromatic heterocycles. The molecule has 0 saturated heterocycles. The van der Waals surface area contributed by atoms with Crippen LogP contribution in [0.15, 0.2) is 45.3 Å². The Morgan fingerprint density at radius 1 is 0.944 bits per heavy atom. The van der Waals surface area contributed by atoms with Crippen LogP contribution >= 0.6 is 31.9 Å². The number of hydrogen-bond donors (Lipinski definition) is 0. The van der Waals surface area contributed by atoms with Crippen LogP contribution in [-0.2, 0) is 0 Å². The van der Waals surface area contributed by atoms with Crippen molar-refractivity contribution in [2.24, 2.45) is 0 Å². The molecule has 0 radical (unpaired) electrons. The van der Waals surface area contributed by atoms with Crippen molar-refractivity contribution in [2.75, 3.05) is 0 Å². The molecule has 0 aliphatic carbocycles. The van der Waals surface area contributed by atoms with E-state index < -0.39 is 5.82 Å². The standard InChI is InChI=1S/C14H9Br2FO/c1-8-2-9(6-13(17)3-8)14(18)10-4-11(15)7-12(16)5-10/h2-7H,1H3. The Balaban J connectivity index is 2.47. The fraction of sp³-hybridized carbons (Fsp3) is 0.0714. The summed E-state index contributed by atoms with van der Waals surface area (Å²) in [6, 6.07) is 9.60. The van der Waals surface area contributed by atoms with Gasteiger partial charge in [-0.05, 0) is 48.9 Å². The average molecular weight is 372 g/mol. The van der Waals surface area contributed by atoms with Gasteiger partial charge in [0.05, 0.1) is 0 Å². The van der Waals surface area contributed by atoms with Crippen LogP contribution in [0.5, 0.6) is 0 Å². The van der Waals surface area contributed by atoms with Gasteiger partial charge in [0.25, 0.3) is 0 Å².